The molecule has 0 bridgehead atoms. The largest absolute Gasteiger partial charge is 0.480 e. The van der Waals surface area contributed by atoms with Crippen molar-refractivity contribution in [2.24, 2.45) is 10.8 Å². The van der Waals surface area contributed by atoms with Crippen molar-refractivity contribution in [1.29, 1.82) is 0 Å². The van der Waals surface area contributed by atoms with Crippen LogP contribution in [0, 0.1) is 10.8 Å². The van der Waals surface area contributed by atoms with Crippen molar-refractivity contribution in [3.63, 3.8) is 0 Å². The third kappa shape index (κ3) is 7.90. The highest BCUT2D eigenvalue weighted by Crippen LogP contribution is 2.53. The number of nitrogens with one attached hydrogen (secondary N) is 1. The van der Waals surface area contributed by atoms with E-state index in [1.165, 1.54) is 49.2 Å². The van der Waals surface area contributed by atoms with Gasteiger partial charge in [0.1, 0.15) is 11.5 Å². The number of aromatic nitrogens is 1. The second-order valence-corrected chi connectivity index (χ2v) is 15.3. The maximum Gasteiger partial charge on any atom is 0.403 e. The molecule has 3 fully saturated rings. The first-order valence-corrected chi connectivity index (χ1v) is 18.6. The molecule has 53 heavy (non-hydrogen) atoms. The molecule has 282 valence electrons. The molecule has 3 aromatic carbocycles. The first kappa shape index (κ1) is 37.2. The number of hydrogen-bond donors (Lipinski definition) is 2. The van der Waals surface area contributed by atoms with Gasteiger partial charge in [-0.25, -0.2) is 13.6 Å². The lowest BCUT2D eigenvalue weighted by Crippen LogP contribution is -2.59. The number of hydrogen-bond acceptors (Lipinski definition) is 5. The maximum atomic E-state index is 14.4. The normalized spacial score (nSPS) is 19.5. The van der Waals surface area contributed by atoms with Gasteiger partial charge in [0.15, 0.2) is 0 Å². The van der Waals surface area contributed by atoms with Crippen molar-refractivity contribution in [3.05, 3.63) is 78.0 Å². The second kappa shape index (κ2) is 14.9. The summed E-state index contributed by atoms with van der Waals surface area (Å²) in [7, 11) is 0. The highest BCUT2D eigenvalue weighted by Gasteiger charge is 2.61. The molecule has 7 rings (SSSR count). The number of halogens is 5. The van der Waals surface area contributed by atoms with Crippen LogP contribution in [0.15, 0.2) is 66.9 Å². The highest BCUT2D eigenvalue weighted by atomic mass is 19.4. The molecule has 2 aliphatic heterocycles. The van der Waals surface area contributed by atoms with Gasteiger partial charge in [-0.15, -0.1) is 0 Å². The van der Waals surface area contributed by atoms with Crippen molar-refractivity contribution in [3.8, 4) is 11.3 Å². The standard InChI is InChI=1S/C41H45F5N4O3/c42-35(43)26-50-22-16-40(17-23-50,41(44,45)46)38(53)48-34(37(51)52)25-29-5-1-7-31-30(29)6-2-8-32(31)36-33-24-27(9-10-28(33)11-18-47-36)4-3-19-49-20-14-39(12-13-39)15-21-49/h1-2,5-11,18,24,34-35H,3-4,12-17,19-23,25-26H2,(H,48,53)(H,51,52)/t34-/m0/s1. The van der Waals surface area contributed by atoms with Crippen molar-refractivity contribution >= 4 is 33.4 Å². The lowest BCUT2D eigenvalue weighted by atomic mass is 9.76. The summed E-state index contributed by atoms with van der Waals surface area (Å²) in [5.74, 6) is -2.93. The molecule has 3 heterocycles. The zero-order chi connectivity index (χ0) is 37.4. The minimum Gasteiger partial charge on any atom is -0.480 e. The summed E-state index contributed by atoms with van der Waals surface area (Å²) in [4.78, 5) is 34.4. The van der Waals surface area contributed by atoms with Gasteiger partial charge >= 0.3 is 12.1 Å². The number of carboxylic acids is 1. The predicted molar refractivity (Wildman–Crippen MR) is 194 cm³/mol. The van der Waals surface area contributed by atoms with Gasteiger partial charge in [0.25, 0.3) is 6.43 Å². The fourth-order valence-electron chi connectivity index (χ4n) is 8.45. The van der Waals surface area contributed by atoms with Crippen molar-refractivity contribution in [1.82, 2.24) is 20.1 Å². The van der Waals surface area contributed by atoms with Crippen LogP contribution in [0.1, 0.15) is 56.1 Å². The summed E-state index contributed by atoms with van der Waals surface area (Å²) in [6.07, 6.45) is -0.258. The smallest absolute Gasteiger partial charge is 0.403 e. The molecule has 0 unspecified atom stereocenters. The van der Waals surface area contributed by atoms with Crippen LogP contribution < -0.4 is 5.32 Å². The van der Waals surface area contributed by atoms with E-state index in [1.807, 2.05) is 30.3 Å². The third-order valence-electron chi connectivity index (χ3n) is 12.0. The van der Waals surface area contributed by atoms with E-state index in [0.29, 0.717) is 16.4 Å². The molecule has 1 aromatic heterocycles. The van der Waals surface area contributed by atoms with E-state index < -0.39 is 55.3 Å². The number of pyridine rings is 1. The van der Waals surface area contributed by atoms with Gasteiger partial charge in [-0.1, -0.05) is 48.5 Å². The Bertz CT molecular complexity index is 1960. The summed E-state index contributed by atoms with van der Waals surface area (Å²) in [6.45, 7) is 2.05. The Morgan fingerprint density at radius 3 is 2.23 bits per heavy atom. The molecule has 1 saturated carbocycles. The SMILES string of the molecule is O=C(O)[C@H](Cc1cccc2c(-c3nccc4ccc(CCCN5CCC6(CC5)CC6)cc34)cccc12)NC(=O)C1(C(F)(F)F)CCN(CC(F)F)CC1. The number of aliphatic carboxylic acids is 1. The molecule has 2 saturated heterocycles. The van der Waals surface area contributed by atoms with Crippen LogP contribution in [0.4, 0.5) is 22.0 Å². The molecule has 1 aliphatic carbocycles. The van der Waals surface area contributed by atoms with Gasteiger partial charge in [0, 0.05) is 23.6 Å². The van der Waals surface area contributed by atoms with Crippen molar-refractivity contribution < 1.29 is 36.6 Å². The second-order valence-electron chi connectivity index (χ2n) is 15.3. The third-order valence-corrected chi connectivity index (χ3v) is 12.0. The Morgan fingerprint density at radius 1 is 0.849 bits per heavy atom. The molecule has 7 nitrogen and oxygen atoms in total. The molecule has 3 aliphatic rings. The summed E-state index contributed by atoms with van der Waals surface area (Å²) in [5.41, 5.74) is 1.14. The highest BCUT2D eigenvalue weighted by molar-refractivity contribution is 6.05. The number of nitrogens with zero attached hydrogens (tertiary/aromatic N) is 3. The Hall–Kier alpha value is -4.16. The minimum absolute atomic E-state index is 0.265. The molecule has 1 spiro atoms. The van der Waals surface area contributed by atoms with Crippen LogP contribution in [0.2, 0.25) is 0 Å². The zero-order valence-electron chi connectivity index (χ0n) is 29.6. The first-order valence-electron chi connectivity index (χ1n) is 18.6. The van der Waals surface area contributed by atoms with Crippen LogP contribution in [0.25, 0.3) is 32.8 Å². The number of aryl methyl sites for hydroxylation is 1. The molecular formula is C41H45F5N4O3. The maximum absolute atomic E-state index is 14.4. The summed E-state index contributed by atoms with van der Waals surface area (Å²) < 4.78 is 69.1. The lowest BCUT2D eigenvalue weighted by molar-refractivity contribution is -0.233. The monoisotopic (exact) mass is 736 g/mol. The molecule has 1 atom stereocenters. The quantitative estimate of drug-likeness (QED) is 0.144. The van der Waals surface area contributed by atoms with E-state index in [0.717, 1.165) is 46.8 Å². The predicted octanol–water partition coefficient (Wildman–Crippen LogP) is 7.89. The molecule has 4 aromatic rings. The fraction of sp³-hybridized carbons (Fsp3) is 0.488. The number of amides is 1. The Kier molecular flexibility index (Phi) is 10.5. The van der Waals surface area contributed by atoms with E-state index in [4.69, 9.17) is 4.98 Å². The number of carbonyl (C=O) groups excluding carboxylic acids is 1. The van der Waals surface area contributed by atoms with E-state index in [9.17, 15) is 36.6 Å². The first-order chi connectivity index (χ1) is 25.4. The summed E-state index contributed by atoms with van der Waals surface area (Å²) in [5, 5.41) is 15.8. The van der Waals surface area contributed by atoms with Crippen LogP contribution in [0.5, 0.6) is 0 Å². The average molecular weight is 737 g/mol. The van der Waals surface area contributed by atoms with Crippen molar-refractivity contribution in [2.45, 2.75) is 76.4 Å². The minimum atomic E-state index is -5.00. The van der Waals surface area contributed by atoms with Crippen molar-refractivity contribution in [2.75, 3.05) is 39.3 Å². The molecule has 12 heteroatoms. The van der Waals surface area contributed by atoms with Gasteiger partial charge in [-0.2, -0.15) is 13.2 Å². The van der Waals surface area contributed by atoms with Crippen LogP contribution >= 0.6 is 0 Å². The number of likely N-dealkylation sites (tertiary alicyclic amines) is 2. The summed E-state index contributed by atoms with van der Waals surface area (Å²) >= 11 is 0. The summed E-state index contributed by atoms with van der Waals surface area (Å²) in [6, 6.07) is 17.8. The number of carboxylic acid groups (broad SMARTS) is 1. The van der Waals surface area contributed by atoms with Crippen LogP contribution in [-0.2, 0) is 22.4 Å². The van der Waals surface area contributed by atoms with Gasteiger partial charge in [-0.3, -0.25) is 14.7 Å². The lowest BCUT2D eigenvalue weighted by Gasteiger charge is -2.41. The van der Waals surface area contributed by atoms with E-state index >= 15 is 0 Å². The van der Waals surface area contributed by atoms with Gasteiger partial charge in [-0.05, 0) is 129 Å². The van der Waals surface area contributed by atoms with Crippen LogP contribution in [-0.4, -0.2) is 89.7 Å². The Labute approximate surface area is 305 Å². The van der Waals surface area contributed by atoms with Gasteiger partial charge in [0.05, 0.1) is 12.2 Å². The number of carbonyl (C=O) groups is 2. The van der Waals surface area contributed by atoms with E-state index in [1.54, 1.807) is 18.3 Å². The number of piperidine rings is 2. The molecular weight excluding hydrogens is 691 g/mol. The number of alkyl halides is 5. The molecule has 0 radical (unpaired) electrons. The van der Waals surface area contributed by atoms with Gasteiger partial charge in [0.2, 0.25) is 5.91 Å². The molecule has 1 amide bonds. The van der Waals surface area contributed by atoms with Crippen LogP contribution in [0.3, 0.4) is 0 Å². The number of rotatable bonds is 12. The Balaban J connectivity index is 1.10. The molecule has 2 N–H and O–H groups in total. The van der Waals surface area contributed by atoms with E-state index in [2.05, 4.69) is 28.4 Å². The zero-order valence-corrected chi connectivity index (χ0v) is 29.6. The topological polar surface area (TPSA) is 85.8 Å². The van der Waals surface area contributed by atoms with Gasteiger partial charge < -0.3 is 15.3 Å². The fourth-order valence-corrected chi connectivity index (χ4v) is 8.45. The van der Waals surface area contributed by atoms with E-state index in [-0.39, 0.29) is 19.5 Å². The number of benzene rings is 3. The number of fused-ring (bicyclic) bond motifs is 2. The Morgan fingerprint density at radius 2 is 1.55 bits per heavy atom. The average Bonchev–Trinajstić information content (AvgIpc) is 3.89.